The van der Waals surface area contributed by atoms with Gasteiger partial charge < -0.3 is 5.32 Å². The molecule has 94 valence electrons. The normalized spacial score (nSPS) is 12.2. The minimum atomic E-state index is 0.0175. The lowest BCUT2D eigenvalue weighted by atomic mass is 10.0. The van der Waals surface area contributed by atoms with E-state index in [2.05, 4.69) is 19.2 Å². The van der Waals surface area contributed by atoms with Gasteiger partial charge in [-0.05, 0) is 30.4 Å². The van der Waals surface area contributed by atoms with Gasteiger partial charge >= 0.3 is 0 Å². The number of alkyl halides is 1. The summed E-state index contributed by atoms with van der Waals surface area (Å²) in [6.07, 6.45) is 1.80. The van der Waals surface area contributed by atoms with Crippen molar-refractivity contribution in [2.75, 3.05) is 12.4 Å². The molecule has 0 aliphatic heterocycles. The van der Waals surface area contributed by atoms with Crippen LogP contribution < -0.4 is 5.32 Å². The molecule has 0 aliphatic carbocycles. The van der Waals surface area contributed by atoms with Crippen LogP contribution >= 0.6 is 11.6 Å². The molecule has 0 fully saturated rings. The predicted molar refractivity (Wildman–Crippen MR) is 72.7 cm³/mol. The Balaban J connectivity index is 2.58. The molecule has 0 radical (unpaired) electrons. The van der Waals surface area contributed by atoms with Crippen molar-refractivity contribution >= 4 is 17.5 Å². The number of amides is 1. The molecule has 1 rings (SSSR count). The second kappa shape index (κ2) is 7.33. The van der Waals surface area contributed by atoms with Gasteiger partial charge in [0.2, 0.25) is 0 Å². The van der Waals surface area contributed by atoms with E-state index >= 15 is 0 Å². The maximum Gasteiger partial charge on any atom is 0.251 e. The van der Waals surface area contributed by atoms with Crippen molar-refractivity contribution in [1.82, 2.24) is 5.32 Å². The molecule has 0 heterocycles. The maximum absolute atomic E-state index is 12.0. The van der Waals surface area contributed by atoms with E-state index in [1.165, 1.54) is 0 Å². The zero-order valence-corrected chi connectivity index (χ0v) is 11.3. The number of carbonyl (C=O) groups is 1. The molecule has 0 spiro atoms. The highest BCUT2D eigenvalue weighted by Gasteiger charge is 2.10. The van der Waals surface area contributed by atoms with E-state index in [9.17, 15) is 4.79 Å². The smallest absolute Gasteiger partial charge is 0.251 e. The molecule has 1 aromatic carbocycles. The van der Waals surface area contributed by atoms with E-state index in [0.717, 1.165) is 24.0 Å². The number of rotatable bonds is 6. The van der Waals surface area contributed by atoms with E-state index in [4.69, 9.17) is 11.6 Å². The third-order valence-electron chi connectivity index (χ3n) is 2.86. The monoisotopic (exact) mass is 253 g/mol. The van der Waals surface area contributed by atoms with Crippen molar-refractivity contribution in [3.05, 3.63) is 35.4 Å². The molecule has 0 saturated carbocycles. The summed E-state index contributed by atoms with van der Waals surface area (Å²) < 4.78 is 0. The third-order valence-corrected chi connectivity index (χ3v) is 3.07. The Bertz CT molecular complexity index is 365. The van der Waals surface area contributed by atoms with Crippen LogP contribution in [0, 0.1) is 5.92 Å². The summed E-state index contributed by atoms with van der Waals surface area (Å²) in [4.78, 5) is 12.0. The molecule has 3 heteroatoms. The number of halogens is 1. The van der Waals surface area contributed by atoms with Crippen LogP contribution in [0.15, 0.2) is 24.3 Å². The van der Waals surface area contributed by atoms with Crippen LogP contribution in [0.1, 0.15) is 36.2 Å². The van der Waals surface area contributed by atoms with E-state index in [-0.39, 0.29) is 5.91 Å². The molecule has 1 amide bonds. The van der Waals surface area contributed by atoms with Gasteiger partial charge in [-0.25, -0.2) is 0 Å². The maximum atomic E-state index is 12.0. The number of hydrogen-bond acceptors (Lipinski definition) is 1. The Morgan fingerprint density at radius 2 is 2.12 bits per heavy atom. The molecule has 17 heavy (non-hydrogen) atoms. The van der Waals surface area contributed by atoms with Crippen molar-refractivity contribution < 1.29 is 4.79 Å². The van der Waals surface area contributed by atoms with E-state index in [1.807, 2.05) is 24.3 Å². The first-order chi connectivity index (χ1) is 8.19. The van der Waals surface area contributed by atoms with Crippen molar-refractivity contribution in [1.29, 1.82) is 0 Å². The topological polar surface area (TPSA) is 29.1 Å². The lowest BCUT2D eigenvalue weighted by Crippen LogP contribution is -2.29. The lowest BCUT2D eigenvalue weighted by Gasteiger charge is -2.12. The Kier molecular flexibility index (Phi) is 6.06. The minimum absolute atomic E-state index is 0.0175. The van der Waals surface area contributed by atoms with Crippen molar-refractivity contribution in [2.45, 2.75) is 26.7 Å². The van der Waals surface area contributed by atoms with Gasteiger partial charge in [0.05, 0.1) is 0 Å². The molecule has 1 aromatic rings. The first-order valence-corrected chi connectivity index (χ1v) is 6.64. The van der Waals surface area contributed by atoms with Crippen LogP contribution in [0.5, 0.6) is 0 Å². The Hall–Kier alpha value is -1.02. The fourth-order valence-electron chi connectivity index (χ4n) is 1.70. The van der Waals surface area contributed by atoms with Gasteiger partial charge in [-0.2, -0.15) is 0 Å². The van der Waals surface area contributed by atoms with Crippen LogP contribution in [0.2, 0.25) is 0 Å². The second-order valence-electron chi connectivity index (χ2n) is 4.30. The van der Waals surface area contributed by atoms with Gasteiger partial charge in [-0.3, -0.25) is 4.79 Å². The van der Waals surface area contributed by atoms with Crippen LogP contribution in [-0.2, 0) is 6.42 Å². The van der Waals surface area contributed by atoms with Crippen LogP contribution in [0.4, 0.5) is 0 Å². The number of benzene rings is 1. The summed E-state index contributed by atoms with van der Waals surface area (Å²) in [6, 6.07) is 7.74. The highest BCUT2D eigenvalue weighted by molar-refractivity contribution is 6.17. The van der Waals surface area contributed by atoms with Gasteiger partial charge in [0, 0.05) is 18.0 Å². The summed E-state index contributed by atoms with van der Waals surface area (Å²) in [5.74, 6) is 1.08. The predicted octanol–water partition coefficient (Wildman–Crippen LogP) is 3.24. The Morgan fingerprint density at radius 3 is 2.76 bits per heavy atom. The summed E-state index contributed by atoms with van der Waals surface area (Å²) in [5, 5.41) is 2.96. The standard InChI is InChI=1S/C14H20ClNO/c1-3-12-6-4-5-7-13(12)14(17)16-10-11(2)8-9-15/h4-7,11H,3,8-10H2,1-2H3,(H,16,17). The summed E-state index contributed by atoms with van der Waals surface area (Å²) in [5.41, 5.74) is 1.88. The molecule has 0 saturated heterocycles. The van der Waals surface area contributed by atoms with Crippen molar-refractivity contribution in [3.63, 3.8) is 0 Å². The van der Waals surface area contributed by atoms with Crippen LogP contribution in [0.25, 0.3) is 0 Å². The van der Waals surface area contributed by atoms with Gasteiger partial charge in [0.1, 0.15) is 0 Å². The average Bonchev–Trinajstić information content (AvgIpc) is 2.36. The molecular weight excluding hydrogens is 234 g/mol. The molecule has 1 unspecified atom stereocenters. The van der Waals surface area contributed by atoms with E-state index < -0.39 is 0 Å². The zero-order chi connectivity index (χ0) is 12.7. The molecule has 0 aromatic heterocycles. The molecule has 0 aliphatic rings. The van der Waals surface area contributed by atoms with Gasteiger partial charge in [-0.15, -0.1) is 11.6 Å². The zero-order valence-electron chi connectivity index (χ0n) is 10.5. The molecule has 1 N–H and O–H groups in total. The summed E-state index contributed by atoms with van der Waals surface area (Å²) in [6.45, 7) is 4.83. The average molecular weight is 254 g/mol. The fraction of sp³-hybridized carbons (Fsp3) is 0.500. The van der Waals surface area contributed by atoms with Gasteiger partial charge in [0.25, 0.3) is 5.91 Å². The molecule has 0 bridgehead atoms. The van der Waals surface area contributed by atoms with Gasteiger partial charge in [-0.1, -0.05) is 32.0 Å². The third kappa shape index (κ3) is 4.39. The van der Waals surface area contributed by atoms with Crippen molar-refractivity contribution in [2.24, 2.45) is 5.92 Å². The molecular formula is C14H20ClNO. The first-order valence-electron chi connectivity index (χ1n) is 6.11. The highest BCUT2D eigenvalue weighted by atomic mass is 35.5. The minimum Gasteiger partial charge on any atom is -0.352 e. The van der Waals surface area contributed by atoms with Gasteiger partial charge in [0.15, 0.2) is 0 Å². The number of carbonyl (C=O) groups excluding carboxylic acids is 1. The second-order valence-corrected chi connectivity index (χ2v) is 4.68. The highest BCUT2D eigenvalue weighted by Crippen LogP contribution is 2.09. The summed E-state index contributed by atoms with van der Waals surface area (Å²) in [7, 11) is 0. The van der Waals surface area contributed by atoms with Crippen molar-refractivity contribution in [3.8, 4) is 0 Å². The first kappa shape index (κ1) is 14.0. The number of hydrogen-bond donors (Lipinski definition) is 1. The number of aryl methyl sites for hydroxylation is 1. The van der Waals surface area contributed by atoms with E-state index in [1.54, 1.807) is 0 Å². The quantitative estimate of drug-likeness (QED) is 0.775. The Morgan fingerprint density at radius 1 is 1.41 bits per heavy atom. The lowest BCUT2D eigenvalue weighted by molar-refractivity contribution is 0.0947. The molecule has 2 nitrogen and oxygen atoms in total. The summed E-state index contributed by atoms with van der Waals surface area (Å²) >= 11 is 5.66. The largest absolute Gasteiger partial charge is 0.352 e. The molecule has 1 atom stereocenters. The SMILES string of the molecule is CCc1ccccc1C(=O)NCC(C)CCCl. The van der Waals surface area contributed by atoms with Crippen LogP contribution in [-0.4, -0.2) is 18.3 Å². The number of nitrogens with one attached hydrogen (secondary N) is 1. The Labute approximate surface area is 108 Å². The van der Waals surface area contributed by atoms with E-state index in [0.29, 0.717) is 18.3 Å². The fourth-order valence-corrected chi connectivity index (χ4v) is 2.07. The van der Waals surface area contributed by atoms with Crippen LogP contribution in [0.3, 0.4) is 0 Å².